The molecule has 2 rings (SSSR count). The second-order valence-electron chi connectivity index (χ2n) is 4.06. The molecule has 88 valence electrons. The second-order valence-corrected chi connectivity index (χ2v) is 4.06. The molecule has 0 saturated carbocycles. The SMILES string of the molecule is CC(=O)C1(C)NC(=O)C=C(c2ccccc2)O1. The van der Waals surface area contributed by atoms with Crippen molar-refractivity contribution in [1.82, 2.24) is 5.32 Å². The topological polar surface area (TPSA) is 55.4 Å². The van der Waals surface area contributed by atoms with E-state index in [4.69, 9.17) is 4.74 Å². The fourth-order valence-corrected chi connectivity index (χ4v) is 1.57. The van der Waals surface area contributed by atoms with Crippen molar-refractivity contribution in [2.45, 2.75) is 19.6 Å². The van der Waals surface area contributed by atoms with Gasteiger partial charge in [-0.05, 0) is 0 Å². The number of carbonyl (C=O) groups excluding carboxylic acids is 2. The van der Waals surface area contributed by atoms with E-state index in [0.29, 0.717) is 5.76 Å². The monoisotopic (exact) mass is 231 g/mol. The highest BCUT2D eigenvalue weighted by Crippen LogP contribution is 2.25. The van der Waals surface area contributed by atoms with E-state index in [1.54, 1.807) is 6.92 Å². The van der Waals surface area contributed by atoms with E-state index in [-0.39, 0.29) is 11.7 Å². The summed E-state index contributed by atoms with van der Waals surface area (Å²) < 4.78 is 5.57. The molecule has 1 aliphatic rings. The third-order valence-corrected chi connectivity index (χ3v) is 2.67. The normalized spacial score (nSPS) is 23.4. The van der Waals surface area contributed by atoms with Crippen LogP contribution in [0.5, 0.6) is 0 Å². The largest absolute Gasteiger partial charge is 0.460 e. The Morgan fingerprint density at radius 1 is 1.29 bits per heavy atom. The number of Topliss-reactive ketones (excluding diaryl/α,β-unsaturated/α-hetero) is 1. The van der Waals surface area contributed by atoms with Crippen LogP contribution in [0.15, 0.2) is 36.4 Å². The lowest BCUT2D eigenvalue weighted by atomic mass is 10.1. The predicted octanol–water partition coefficient (Wildman–Crippen LogP) is 1.48. The fraction of sp³-hybridized carbons (Fsp3) is 0.231. The van der Waals surface area contributed by atoms with Gasteiger partial charge in [-0.2, -0.15) is 0 Å². The molecule has 17 heavy (non-hydrogen) atoms. The quantitative estimate of drug-likeness (QED) is 0.838. The molecule has 0 saturated heterocycles. The number of benzene rings is 1. The van der Waals surface area contributed by atoms with Crippen LogP contribution in [0, 0.1) is 0 Å². The first-order valence-corrected chi connectivity index (χ1v) is 5.30. The fourth-order valence-electron chi connectivity index (χ4n) is 1.57. The number of ether oxygens (including phenoxy) is 1. The molecule has 1 aliphatic heterocycles. The van der Waals surface area contributed by atoms with Gasteiger partial charge < -0.3 is 10.1 Å². The third-order valence-electron chi connectivity index (χ3n) is 2.67. The standard InChI is InChI=1S/C13H13NO3/c1-9(15)13(2)14-12(16)8-11(17-13)10-6-4-3-5-7-10/h3-8H,1-2H3,(H,14,16). The highest BCUT2D eigenvalue weighted by atomic mass is 16.5. The molecule has 0 fully saturated rings. The van der Waals surface area contributed by atoms with Crippen molar-refractivity contribution in [2.75, 3.05) is 0 Å². The highest BCUT2D eigenvalue weighted by Gasteiger charge is 2.37. The van der Waals surface area contributed by atoms with Crippen LogP contribution in [0.25, 0.3) is 5.76 Å². The van der Waals surface area contributed by atoms with Gasteiger partial charge in [-0.1, -0.05) is 30.3 Å². The summed E-state index contributed by atoms with van der Waals surface area (Å²) in [5.74, 6) is -0.160. The Balaban J connectivity index is 2.37. The number of hydrogen-bond acceptors (Lipinski definition) is 3. The molecule has 0 radical (unpaired) electrons. The molecule has 1 aromatic carbocycles. The smallest absolute Gasteiger partial charge is 0.251 e. The summed E-state index contributed by atoms with van der Waals surface area (Å²) in [5.41, 5.74) is -0.508. The summed E-state index contributed by atoms with van der Waals surface area (Å²) >= 11 is 0. The molecular weight excluding hydrogens is 218 g/mol. The number of amides is 1. The Bertz CT molecular complexity index is 493. The zero-order chi connectivity index (χ0) is 12.5. The van der Waals surface area contributed by atoms with Crippen LogP contribution in [0.2, 0.25) is 0 Å². The van der Waals surface area contributed by atoms with Gasteiger partial charge in [0.2, 0.25) is 5.72 Å². The molecule has 1 heterocycles. The minimum Gasteiger partial charge on any atom is -0.460 e. The molecule has 1 atom stereocenters. The van der Waals surface area contributed by atoms with E-state index in [1.807, 2.05) is 30.3 Å². The van der Waals surface area contributed by atoms with Crippen LogP contribution < -0.4 is 5.32 Å². The molecule has 1 aromatic rings. The second kappa shape index (κ2) is 4.05. The minimum absolute atomic E-state index is 0.243. The third kappa shape index (κ3) is 2.20. The maximum atomic E-state index is 11.5. The van der Waals surface area contributed by atoms with Gasteiger partial charge in [0.05, 0.1) is 0 Å². The lowest BCUT2D eigenvalue weighted by Crippen LogP contribution is -2.54. The van der Waals surface area contributed by atoms with Gasteiger partial charge in [-0.15, -0.1) is 0 Å². The van der Waals surface area contributed by atoms with Crippen molar-refractivity contribution < 1.29 is 14.3 Å². The summed E-state index contributed by atoms with van der Waals surface area (Å²) in [7, 11) is 0. The van der Waals surface area contributed by atoms with Gasteiger partial charge in [0.25, 0.3) is 5.91 Å². The Hall–Kier alpha value is -2.10. The molecular formula is C13H13NO3. The average Bonchev–Trinajstić information content (AvgIpc) is 2.29. The van der Waals surface area contributed by atoms with Crippen molar-refractivity contribution in [3.63, 3.8) is 0 Å². The van der Waals surface area contributed by atoms with E-state index in [0.717, 1.165) is 5.56 Å². The van der Waals surface area contributed by atoms with Crippen LogP contribution in [-0.2, 0) is 14.3 Å². The highest BCUT2D eigenvalue weighted by molar-refractivity contribution is 6.00. The first-order valence-electron chi connectivity index (χ1n) is 5.30. The van der Waals surface area contributed by atoms with E-state index >= 15 is 0 Å². The minimum atomic E-state index is -1.28. The summed E-state index contributed by atoms with van der Waals surface area (Å²) in [5, 5.41) is 2.50. The Morgan fingerprint density at radius 2 is 1.94 bits per heavy atom. The maximum Gasteiger partial charge on any atom is 0.251 e. The van der Waals surface area contributed by atoms with Gasteiger partial charge in [0.1, 0.15) is 5.76 Å². The van der Waals surface area contributed by atoms with Crippen molar-refractivity contribution in [1.29, 1.82) is 0 Å². The van der Waals surface area contributed by atoms with Gasteiger partial charge >= 0.3 is 0 Å². The lowest BCUT2D eigenvalue weighted by molar-refractivity contribution is -0.143. The Morgan fingerprint density at radius 3 is 2.53 bits per heavy atom. The van der Waals surface area contributed by atoms with Crippen molar-refractivity contribution in [3.8, 4) is 0 Å². The van der Waals surface area contributed by atoms with E-state index in [1.165, 1.54) is 13.0 Å². The van der Waals surface area contributed by atoms with E-state index in [9.17, 15) is 9.59 Å². The zero-order valence-electron chi connectivity index (χ0n) is 9.69. The van der Waals surface area contributed by atoms with Gasteiger partial charge in [-0.25, -0.2) is 0 Å². The first kappa shape index (κ1) is 11.4. The molecule has 1 unspecified atom stereocenters. The molecule has 1 N–H and O–H groups in total. The maximum absolute atomic E-state index is 11.5. The van der Waals surface area contributed by atoms with Crippen LogP contribution in [0.4, 0.5) is 0 Å². The predicted molar refractivity (Wildman–Crippen MR) is 62.7 cm³/mol. The van der Waals surface area contributed by atoms with Crippen LogP contribution >= 0.6 is 0 Å². The summed E-state index contributed by atoms with van der Waals surface area (Å²) in [6.45, 7) is 2.93. The number of ketones is 1. The van der Waals surface area contributed by atoms with Crippen molar-refractivity contribution in [2.24, 2.45) is 0 Å². The number of hydrogen-bond donors (Lipinski definition) is 1. The lowest BCUT2D eigenvalue weighted by Gasteiger charge is -2.33. The van der Waals surface area contributed by atoms with Crippen LogP contribution in [0.1, 0.15) is 19.4 Å². The Kier molecular flexibility index (Phi) is 2.71. The summed E-state index contributed by atoms with van der Waals surface area (Å²) in [6, 6.07) is 9.21. The molecule has 1 amide bonds. The molecule has 0 aliphatic carbocycles. The summed E-state index contributed by atoms with van der Waals surface area (Å²) in [6.07, 6.45) is 1.35. The molecule has 0 aromatic heterocycles. The van der Waals surface area contributed by atoms with Crippen LogP contribution in [-0.4, -0.2) is 17.4 Å². The van der Waals surface area contributed by atoms with E-state index < -0.39 is 5.72 Å². The van der Waals surface area contributed by atoms with Gasteiger partial charge in [0, 0.05) is 25.5 Å². The number of carbonyl (C=O) groups is 2. The molecule has 4 nitrogen and oxygen atoms in total. The first-order chi connectivity index (χ1) is 8.01. The molecule has 0 spiro atoms. The van der Waals surface area contributed by atoms with E-state index in [2.05, 4.69) is 5.32 Å². The van der Waals surface area contributed by atoms with Gasteiger partial charge in [-0.3, -0.25) is 9.59 Å². The number of nitrogens with one attached hydrogen (secondary N) is 1. The number of rotatable bonds is 2. The van der Waals surface area contributed by atoms with Crippen LogP contribution in [0.3, 0.4) is 0 Å². The zero-order valence-corrected chi connectivity index (χ0v) is 9.69. The Labute approximate surface area is 99.3 Å². The molecule has 0 bridgehead atoms. The molecule has 4 heteroatoms. The summed E-state index contributed by atoms with van der Waals surface area (Å²) in [4.78, 5) is 23.0. The average molecular weight is 231 g/mol. The van der Waals surface area contributed by atoms with Crippen molar-refractivity contribution >= 4 is 17.4 Å². The van der Waals surface area contributed by atoms with Gasteiger partial charge in [0.15, 0.2) is 5.78 Å². The van der Waals surface area contributed by atoms with Crippen molar-refractivity contribution in [3.05, 3.63) is 42.0 Å².